The van der Waals surface area contributed by atoms with Crippen LogP contribution in [0.25, 0.3) is 11.3 Å². The molecule has 1 N–H and O–H groups in total. The van der Waals surface area contributed by atoms with Gasteiger partial charge in [0.2, 0.25) is 10.0 Å². The normalized spacial score (nSPS) is 12.4. The standard InChI is InChI=1S/C19H20BrN3O2S2/c1-27(24,25)21-12-5-13-23-18(15-8-10-16(20)11-9-15)14-26-19(23)22-17-6-3-2-4-7-17/h2-4,6-11,14,21H,5,12-13H2,1H3. The van der Waals surface area contributed by atoms with Gasteiger partial charge in [0, 0.05) is 22.9 Å². The SMILES string of the molecule is CS(=O)(=O)NCCCn1c(-c2ccc(Br)cc2)csc1=Nc1ccccc1. The monoisotopic (exact) mass is 465 g/mol. The van der Waals surface area contributed by atoms with Gasteiger partial charge in [0.1, 0.15) is 0 Å². The summed E-state index contributed by atoms with van der Waals surface area (Å²) in [7, 11) is -3.18. The Morgan fingerprint density at radius 3 is 2.48 bits per heavy atom. The van der Waals surface area contributed by atoms with Crippen LogP contribution in [0.15, 0.2) is 69.4 Å². The first-order valence-corrected chi connectivity index (χ1v) is 12.0. The van der Waals surface area contributed by atoms with Crippen molar-refractivity contribution >= 4 is 43.0 Å². The van der Waals surface area contributed by atoms with Crippen LogP contribution in [0.2, 0.25) is 0 Å². The summed E-state index contributed by atoms with van der Waals surface area (Å²) >= 11 is 5.05. The quantitative estimate of drug-likeness (QED) is 0.532. The lowest BCUT2D eigenvalue weighted by atomic mass is 10.2. The zero-order valence-corrected chi connectivity index (χ0v) is 18.0. The third kappa shape index (κ3) is 5.87. The third-order valence-corrected chi connectivity index (χ3v) is 5.96. The molecule has 27 heavy (non-hydrogen) atoms. The topological polar surface area (TPSA) is 63.5 Å². The maximum absolute atomic E-state index is 11.3. The molecule has 0 amide bonds. The molecule has 0 aliphatic rings. The van der Waals surface area contributed by atoms with Gasteiger partial charge in [0.25, 0.3) is 0 Å². The van der Waals surface area contributed by atoms with Gasteiger partial charge >= 0.3 is 0 Å². The fourth-order valence-electron chi connectivity index (χ4n) is 2.59. The fraction of sp³-hybridized carbons (Fsp3) is 0.211. The van der Waals surface area contributed by atoms with Crippen LogP contribution in [0.4, 0.5) is 5.69 Å². The van der Waals surface area contributed by atoms with E-state index in [1.165, 1.54) is 6.26 Å². The van der Waals surface area contributed by atoms with Gasteiger partial charge in [-0.15, -0.1) is 11.3 Å². The maximum Gasteiger partial charge on any atom is 0.208 e. The van der Waals surface area contributed by atoms with Gasteiger partial charge in [-0.05, 0) is 36.2 Å². The summed E-state index contributed by atoms with van der Waals surface area (Å²) < 4.78 is 28.3. The summed E-state index contributed by atoms with van der Waals surface area (Å²) in [5.41, 5.74) is 3.06. The van der Waals surface area contributed by atoms with E-state index in [0.29, 0.717) is 19.5 Å². The highest BCUT2D eigenvalue weighted by atomic mass is 79.9. The van der Waals surface area contributed by atoms with E-state index in [4.69, 9.17) is 4.99 Å². The summed E-state index contributed by atoms with van der Waals surface area (Å²) in [6.07, 6.45) is 1.85. The predicted octanol–water partition coefficient (Wildman–Crippen LogP) is 4.15. The second-order valence-electron chi connectivity index (χ2n) is 6.03. The van der Waals surface area contributed by atoms with Gasteiger partial charge in [-0.2, -0.15) is 0 Å². The molecule has 0 aliphatic heterocycles. The summed E-state index contributed by atoms with van der Waals surface area (Å²) in [4.78, 5) is 5.65. The summed E-state index contributed by atoms with van der Waals surface area (Å²) in [6.45, 7) is 1.06. The molecule has 0 radical (unpaired) electrons. The Labute approximate surface area is 171 Å². The minimum Gasteiger partial charge on any atom is -0.316 e. The van der Waals surface area contributed by atoms with Crippen LogP contribution in [-0.2, 0) is 16.6 Å². The number of thiazole rings is 1. The summed E-state index contributed by atoms with van der Waals surface area (Å²) in [5, 5.41) is 2.09. The van der Waals surface area contributed by atoms with Gasteiger partial charge in [-0.3, -0.25) is 0 Å². The number of benzene rings is 2. The van der Waals surface area contributed by atoms with Crippen LogP contribution in [-0.4, -0.2) is 25.8 Å². The Morgan fingerprint density at radius 1 is 1.11 bits per heavy atom. The Morgan fingerprint density at radius 2 is 1.81 bits per heavy atom. The molecular formula is C19H20BrN3O2S2. The molecule has 0 fully saturated rings. The lowest BCUT2D eigenvalue weighted by Crippen LogP contribution is -2.25. The van der Waals surface area contributed by atoms with E-state index in [9.17, 15) is 8.42 Å². The summed E-state index contributed by atoms with van der Waals surface area (Å²) in [6, 6.07) is 18.0. The molecule has 0 unspecified atom stereocenters. The first kappa shape index (κ1) is 20.0. The van der Waals surface area contributed by atoms with Crippen molar-refractivity contribution in [2.45, 2.75) is 13.0 Å². The van der Waals surface area contributed by atoms with Crippen LogP contribution in [0.1, 0.15) is 6.42 Å². The van der Waals surface area contributed by atoms with Crippen LogP contribution >= 0.6 is 27.3 Å². The first-order chi connectivity index (χ1) is 12.9. The van der Waals surface area contributed by atoms with E-state index < -0.39 is 10.0 Å². The van der Waals surface area contributed by atoms with Crippen LogP contribution in [0.5, 0.6) is 0 Å². The molecule has 1 aromatic heterocycles. The van der Waals surface area contributed by atoms with Gasteiger partial charge in [0.05, 0.1) is 17.6 Å². The highest BCUT2D eigenvalue weighted by Gasteiger charge is 2.09. The molecule has 0 saturated carbocycles. The van der Waals surface area contributed by atoms with E-state index >= 15 is 0 Å². The van der Waals surface area contributed by atoms with Gasteiger partial charge in [-0.25, -0.2) is 18.1 Å². The molecule has 0 spiro atoms. The lowest BCUT2D eigenvalue weighted by Gasteiger charge is -2.10. The number of sulfonamides is 1. The average Bonchev–Trinajstić information content (AvgIpc) is 3.02. The number of hydrogen-bond donors (Lipinski definition) is 1. The number of rotatable bonds is 7. The van der Waals surface area contributed by atoms with Gasteiger partial charge < -0.3 is 4.57 Å². The number of nitrogens with zero attached hydrogens (tertiary/aromatic N) is 2. The van der Waals surface area contributed by atoms with Crippen molar-refractivity contribution in [3.63, 3.8) is 0 Å². The Hall–Kier alpha value is -1.74. The molecule has 3 aromatic rings. The molecule has 142 valence electrons. The van der Waals surface area contributed by atoms with Crippen molar-refractivity contribution in [3.05, 3.63) is 69.3 Å². The number of halogens is 1. The molecule has 1 heterocycles. The Balaban J connectivity index is 1.94. The molecule has 0 bridgehead atoms. The smallest absolute Gasteiger partial charge is 0.208 e. The minimum atomic E-state index is -3.18. The molecule has 0 saturated heterocycles. The zero-order chi connectivity index (χ0) is 19.3. The molecule has 5 nitrogen and oxygen atoms in total. The van der Waals surface area contributed by atoms with E-state index in [1.54, 1.807) is 11.3 Å². The number of nitrogens with one attached hydrogen (secondary N) is 1. The van der Waals surface area contributed by atoms with Crippen LogP contribution in [0, 0.1) is 0 Å². The lowest BCUT2D eigenvalue weighted by molar-refractivity contribution is 0.574. The number of para-hydroxylation sites is 1. The Kier molecular flexibility index (Phi) is 6.64. The Bertz CT molecular complexity index is 1060. The van der Waals surface area contributed by atoms with E-state index in [2.05, 4.69) is 42.7 Å². The van der Waals surface area contributed by atoms with Crippen molar-refractivity contribution < 1.29 is 8.42 Å². The van der Waals surface area contributed by atoms with Gasteiger partial charge in [0.15, 0.2) is 4.80 Å². The van der Waals surface area contributed by atoms with Gasteiger partial charge in [-0.1, -0.05) is 46.3 Å². The molecular weight excluding hydrogens is 446 g/mol. The number of hydrogen-bond acceptors (Lipinski definition) is 4. The second-order valence-corrected chi connectivity index (χ2v) is 9.61. The van der Waals surface area contributed by atoms with Crippen LogP contribution in [0.3, 0.4) is 0 Å². The molecule has 0 aliphatic carbocycles. The van der Waals surface area contributed by atoms with E-state index in [1.807, 2.05) is 42.5 Å². The third-order valence-electron chi connectivity index (χ3n) is 3.84. The molecule has 0 atom stereocenters. The molecule has 3 rings (SSSR count). The maximum atomic E-state index is 11.3. The zero-order valence-electron chi connectivity index (χ0n) is 14.8. The molecule has 8 heteroatoms. The highest BCUT2D eigenvalue weighted by Crippen LogP contribution is 2.23. The minimum absolute atomic E-state index is 0.395. The highest BCUT2D eigenvalue weighted by molar-refractivity contribution is 9.10. The first-order valence-electron chi connectivity index (χ1n) is 8.41. The van der Waals surface area contributed by atoms with E-state index in [-0.39, 0.29) is 0 Å². The molecule has 2 aromatic carbocycles. The van der Waals surface area contributed by atoms with E-state index in [0.717, 1.165) is 26.2 Å². The average molecular weight is 466 g/mol. The predicted molar refractivity (Wildman–Crippen MR) is 115 cm³/mol. The number of aromatic nitrogens is 1. The van der Waals surface area contributed by atoms with Crippen molar-refractivity contribution in [1.82, 2.24) is 9.29 Å². The van der Waals surface area contributed by atoms with Crippen molar-refractivity contribution in [2.75, 3.05) is 12.8 Å². The van der Waals surface area contributed by atoms with Crippen LogP contribution < -0.4 is 9.52 Å². The van der Waals surface area contributed by atoms with Crippen molar-refractivity contribution in [1.29, 1.82) is 0 Å². The fourth-order valence-corrected chi connectivity index (χ4v) is 4.33. The second kappa shape index (κ2) is 8.97. The van der Waals surface area contributed by atoms with Crippen molar-refractivity contribution in [2.24, 2.45) is 4.99 Å². The van der Waals surface area contributed by atoms with Crippen molar-refractivity contribution in [3.8, 4) is 11.3 Å². The summed E-state index contributed by atoms with van der Waals surface area (Å²) in [5.74, 6) is 0. The largest absolute Gasteiger partial charge is 0.316 e.